The van der Waals surface area contributed by atoms with Crippen LogP contribution in [-0.2, 0) is 6.54 Å². The van der Waals surface area contributed by atoms with Crippen LogP contribution in [0, 0.1) is 12.7 Å². The Labute approximate surface area is 117 Å². The van der Waals surface area contributed by atoms with Crippen molar-refractivity contribution in [1.82, 2.24) is 10.3 Å². The molecule has 0 fully saturated rings. The van der Waals surface area contributed by atoms with E-state index in [2.05, 4.69) is 10.3 Å². The predicted octanol–water partition coefficient (Wildman–Crippen LogP) is 4.03. The van der Waals surface area contributed by atoms with Crippen molar-refractivity contribution in [3.8, 4) is 0 Å². The molecule has 0 saturated carbocycles. The highest BCUT2D eigenvalue weighted by molar-refractivity contribution is 6.30. The van der Waals surface area contributed by atoms with Gasteiger partial charge in [-0.25, -0.2) is 4.39 Å². The molecule has 0 bridgehead atoms. The molecule has 4 heteroatoms. The van der Waals surface area contributed by atoms with Crippen molar-refractivity contribution < 1.29 is 4.39 Å². The van der Waals surface area contributed by atoms with E-state index in [9.17, 15) is 4.39 Å². The van der Waals surface area contributed by atoms with Crippen LogP contribution in [0.4, 0.5) is 4.39 Å². The number of halogens is 2. The number of hydrogen-bond donors (Lipinski definition) is 1. The zero-order valence-electron chi connectivity index (χ0n) is 11.0. The second-order valence-electron chi connectivity index (χ2n) is 4.58. The van der Waals surface area contributed by atoms with Gasteiger partial charge in [0.25, 0.3) is 0 Å². The fraction of sp³-hybridized carbons (Fsp3) is 0.267. The van der Waals surface area contributed by atoms with E-state index in [4.69, 9.17) is 11.6 Å². The summed E-state index contributed by atoms with van der Waals surface area (Å²) in [6.45, 7) is 4.80. The largest absolute Gasteiger partial charge is 0.306 e. The summed E-state index contributed by atoms with van der Waals surface area (Å²) in [5.74, 6) is -0.386. The minimum Gasteiger partial charge on any atom is -0.306 e. The van der Waals surface area contributed by atoms with Gasteiger partial charge in [-0.05, 0) is 48.7 Å². The third-order valence-electron chi connectivity index (χ3n) is 3.18. The van der Waals surface area contributed by atoms with E-state index in [1.807, 2.05) is 26.1 Å². The fourth-order valence-corrected chi connectivity index (χ4v) is 2.05. The molecule has 1 aromatic heterocycles. The maximum atomic E-state index is 13.1. The molecule has 100 valence electrons. The van der Waals surface area contributed by atoms with E-state index >= 15 is 0 Å². The summed E-state index contributed by atoms with van der Waals surface area (Å²) in [6, 6.07) is 6.90. The number of aromatic nitrogens is 1. The van der Waals surface area contributed by atoms with E-state index in [0.717, 1.165) is 17.7 Å². The SMILES string of the molecule is Cc1cnccc1CNC(C)c1ccc(F)c(Cl)c1. The molecule has 0 aliphatic rings. The Bertz CT molecular complexity index is 572. The minimum atomic E-state index is -0.386. The highest BCUT2D eigenvalue weighted by Gasteiger charge is 2.08. The van der Waals surface area contributed by atoms with Crippen molar-refractivity contribution in [2.45, 2.75) is 26.4 Å². The van der Waals surface area contributed by atoms with E-state index < -0.39 is 0 Å². The van der Waals surface area contributed by atoms with Gasteiger partial charge in [-0.3, -0.25) is 4.98 Å². The number of nitrogens with zero attached hydrogens (tertiary/aromatic N) is 1. The summed E-state index contributed by atoms with van der Waals surface area (Å²) in [5.41, 5.74) is 3.33. The first-order valence-corrected chi connectivity index (χ1v) is 6.53. The molecule has 0 saturated heterocycles. The van der Waals surface area contributed by atoms with Crippen LogP contribution in [-0.4, -0.2) is 4.98 Å². The van der Waals surface area contributed by atoms with Gasteiger partial charge >= 0.3 is 0 Å². The number of aryl methyl sites for hydroxylation is 1. The number of pyridine rings is 1. The summed E-state index contributed by atoms with van der Waals surface area (Å²) >= 11 is 5.79. The van der Waals surface area contributed by atoms with Gasteiger partial charge in [0.1, 0.15) is 5.82 Å². The maximum Gasteiger partial charge on any atom is 0.141 e. The zero-order valence-corrected chi connectivity index (χ0v) is 11.7. The lowest BCUT2D eigenvalue weighted by molar-refractivity contribution is 0.569. The van der Waals surface area contributed by atoms with Gasteiger partial charge in [-0.15, -0.1) is 0 Å². The molecule has 0 amide bonds. The first-order valence-electron chi connectivity index (χ1n) is 6.15. The predicted molar refractivity (Wildman–Crippen MR) is 75.6 cm³/mol. The third kappa shape index (κ3) is 3.52. The van der Waals surface area contributed by atoms with Crippen LogP contribution in [0.5, 0.6) is 0 Å². The average molecular weight is 279 g/mol. The summed E-state index contributed by atoms with van der Waals surface area (Å²) in [6.07, 6.45) is 3.62. The summed E-state index contributed by atoms with van der Waals surface area (Å²) in [5, 5.41) is 3.55. The number of nitrogens with one attached hydrogen (secondary N) is 1. The molecular formula is C15H16ClFN2. The summed E-state index contributed by atoms with van der Waals surface area (Å²) in [4.78, 5) is 4.06. The van der Waals surface area contributed by atoms with Crippen LogP contribution in [0.25, 0.3) is 0 Å². The van der Waals surface area contributed by atoms with Crippen molar-refractivity contribution in [1.29, 1.82) is 0 Å². The molecular weight excluding hydrogens is 263 g/mol. The van der Waals surface area contributed by atoms with Crippen LogP contribution in [0.1, 0.15) is 29.7 Å². The van der Waals surface area contributed by atoms with Crippen LogP contribution in [0.15, 0.2) is 36.7 Å². The molecule has 1 aromatic carbocycles. The van der Waals surface area contributed by atoms with Crippen molar-refractivity contribution >= 4 is 11.6 Å². The Kier molecular flexibility index (Phi) is 4.51. The van der Waals surface area contributed by atoms with Crippen molar-refractivity contribution in [2.24, 2.45) is 0 Å². The smallest absolute Gasteiger partial charge is 0.141 e. The topological polar surface area (TPSA) is 24.9 Å². The Hall–Kier alpha value is -1.45. The Balaban J connectivity index is 2.03. The van der Waals surface area contributed by atoms with Gasteiger partial charge in [0.05, 0.1) is 5.02 Å². The van der Waals surface area contributed by atoms with Gasteiger partial charge in [0.2, 0.25) is 0 Å². The zero-order chi connectivity index (χ0) is 13.8. The lowest BCUT2D eigenvalue weighted by Gasteiger charge is -2.15. The molecule has 1 heterocycles. The number of benzene rings is 1. The van der Waals surface area contributed by atoms with Gasteiger partial charge in [0.15, 0.2) is 0 Å². The standard InChI is InChI=1S/C15H16ClFN2/c1-10-8-18-6-5-13(10)9-19-11(2)12-3-4-15(17)14(16)7-12/h3-8,11,19H,9H2,1-2H3. The highest BCUT2D eigenvalue weighted by atomic mass is 35.5. The van der Waals surface area contributed by atoms with Crippen LogP contribution < -0.4 is 5.32 Å². The molecule has 19 heavy (non-hydrogen) atoms. The molecule has 1 unspecified atom stereocenters. The first-order chi connectivity index (χ1) is 9.08. The molecule has 2 rings (SSSR count). The van der Waals surface area contributed by atoms with Crippen molar-refractivity contribution in [3.63, 3.8) is 0 Å². The van der Waals surface area contributed by atoms with E-state index in [1.165, 1.54) is 11.6 Å². The minimum absolute atomic E-state index is 0.102. The Morgan fingerprint density at radius 3 is 2.84 bits per heavy atom. The molecule has 1 atom stereocenters. The Morgan fingerprint density at radius 2 is 2.16 bits per heavy atom. The molecule has 0 aliphatic carbocycles. The number of rotatable bonds is 4. The van der Waals surface area contributed by atoms with Crippen molar-refractivity contribution in [2.75, 3.05) is 0 Å². The molecule has 2 nitrogen and oxygen atoms in total. The molecule has 2 aromatic rings. The number of hydrogen-bond acceptors (Lipinski definition) is 2. The lowest BCUT2D eigenvalue weighted by Crippen LogP contribution is -2.18. The molecule has 0 aliphatic heterocycles. The van der Waals surface area contributed by atoms with Gasteiger partial charge < -0.3 is 5.32 Å². The monoisotopic (exact) mass is 278 g/mol. The van der Waals surface area contributed by atoms with Gasteiger partial charge in [-0.1, -0.05) is 17.7 Å². The summed E-state index contributed by atoms with van der Waals surface area (Å²) in [7, 11) is 0. The van der Waals surface area contributed by atoms with Crippen LogP contribution >= 0.6 is 11.6 Å². The average Bonchev–Trinajstić information content (AvgIpc) is 2.40. The molecule has 1 N–H and O–H groups in total. The van der Waals surface area contributed by atoms with E-state index in [-0.39, 0.29) is 16.9 Å². The van der Waals surface area contributed by atoms with Gasteiger partial charge in [0, 0.05) is 25.0 Å². The summed E-state index contributed by atoms with van der Waals surface area (Å²) < 4.78 is 13.1. The van der Waals surface area contributed by atoms with Gasteiger partial charge in [-0.2, -0.15) is 0 Å². The molecule has 0 radical (unpaired) electrons. The van der Waals surface area contributed by atoms with Crippen LogP contribution in [0.2, 0.25) is 5.02 Å². The second-order valence-corrected chi connectivity index (χ2v) is 4.99. The fourth-order valence-electron chi connectivity index (χ4n) is 1.86. The quantitative estimate of drug-likeness (QED) is 0.913. The third-order valence-corrected chi connectivity index (χ3v) is 3.47. The lowest BCUT2D eigenvalue weighted by atomic mass is 10.1. The van der Waals surface area contributed by atoms with Crippen molar-refractivity contribution in [3.05, 3.63) is 64.2 Å². The van der Waals surface area contributed by atoms with Crippen LogP contribution in [0.3, 0.4) is 0 Å². The van der Waals surface area contributed by atoms with E-state index in [0.29, 0.717) is 0 Å². The highest BCUT2D eigenvalue weighted by Crippen LogP contribution is 2.21. The Morgan fingerprint density at radius 1 is 1.37 bits per heavy atom. The second kappa shape index (κ2) is 6.13. The molecule has 0 spiro atoms. The normalized spacial score (nSPS) is 12.4. The maximum absolute atomic E-state index is 13.1. The van der Waals surface area contributed by atoms with E-state index in [1.54, 1.807) is 18.3 Å². The first kappa shape index (κ1) is 14.0.